The van der Waals surface area contributed by atoms with Crippen LogP contribution in [0.1, 0.15) is 83.4 Å². The second-order valence-electron chi connectivity index (χ2n) is 12.8. The Kier molecular flexibility index (Phi) is 9.96. The SMILES string of the molecule is CC(C)[C@@H](CS(=O)(=O)C(C)C)N1C(=O)[C@@](C)(CC(=O)NS(=N)(=O)C2CC2)C[C@H](c2cccc(Cl)c2)[C@H]1c1ccc(Cl)cc1. The van der Waals surface area contributed by atoms with Gasteiger partial charge in [0.15, 0.2) is 9.84 Å². The van der Waals surface area contributed by atoms with E-state index >= 15 is 0 Å². The summed E-state index contributed by atoms with van der Waals surface area (Å²) in [6.45, 7) is 8.75. The quantitative estimate of drug-likeness (QED) is 0.281. The molecule has 2 aromatic carbocycles. The van der Waals surface area contributed by atoms with Gasteiger partial charge >= 0.3 is 0 Å². The highest BCUT2D eigenvalue weighted by molar-refractivity contribution is 7.92. The normalized spacial score (nSPS) is 25.0. The lowest BCUT2D eigenvalue weighted by Crippen LogP contribution is -2.59. The molecule has 0 bridgehead atoms. The minimum atomic E-state index is -3.58. The Bertz CT molecular complexity index is 1570. The van der Waals surface area contributed by atoms with Crippen molar-refractivity contribution in [2.75, 3.05) is 5.75 Å². The number of nitrogens with one attached hydrogen (secondary N) is 2. The number of nitrogens with zero attached hydrogens (tertiary/aromatic N) is 1. The molecule has 1 aliphatic carbocycles. The molecule has 0 radical (unpaired) electrons. The average molecular weight is 671 g/mol. The monoisotopic (exact) mass is 669 g/mol. The van der Waals surface area contributed by atoms with Crippen molar-refractivity contribution in [1.29, 1.82) is 4.78 Å². The van der Waals surface area contributed by atoms with E-state index in [2.05, 4.69) is 4.72 Å². The van der Waals surface area contributed by atoms with Gasteiger partial charge in [0.1, 0.15) is 9.92 Å². The summed E-state index contributed by atoms with van der Waals surface area (Å²) in [5, 5.41) is 0.0196. The van der Waals surface area contributed by atoms with Crippen molar-refractivity contribution in [3.8, 4) is 0 Å². The van der Waals surface area contributed by atoms with Crippen LogP contribution >= 0.6 is 23.2 Å². The number of likely N-dealkylation sites (tertiary alicyclic amines) is 1. The van der Waals surface area contributed by atoms with E-state index in [0.29, 0.717) is 22.9 Å². The van der Waals surface area contributed by atoms with Gasteiger partial charge in [-0.25, -0.2) is 17.4 Å². The van der Waals surface area contributed by atoms with Gasteiger partial charge in [0.05, 0.1) is 27.7 Å². The molecule has 4 rings (SSSR count). The molecule has 43 heavy (non-hydrogen) atoms. The Morgan fingerprint density at radius 1 is 1.02 bits per heavy atom. The van der Waals surface area contributed by atoms with Gasteiger partial charge in [-0.1, -0.05) is 68.2 Å². The van der Waals surface area contributed by atoms with Crippen molar-refractivity contribution in [3.63, 3.8) is 0 Å². The Balaban J connectivity index is 1.89. The number of halogens is 2. The smallest absolute Gasteiger partial charge is 0.233 e. The third kappa shape index (κ3) is 7.57. The molecule has 0 spiro atoms. The van der Waals surface area contributed by atoms with Crippen LogP contribution in [0.15, 0.2) is 48.5 Å². The van der Waals surface area contributed by atoms with Crippen LogP contribution in [-0.4, -0.2) is 51.6 Å². The molecule has 2 amide bonds. The minimum Gasteiger partial charge on any atom is -0.330 e. The molecular formula is C31H41Cl2N3O5S2. The van der Waals surface area contributed by atoms with Crippen LogP contribution in [0, 0.1) is 16.1 Å². The predicted octanol–water partition coefficient (Wildman–Crippen LogP) is 6.54. The van der Waals surface area contributed by atoms with Crippen LogP contribution in [0.25, 0.3) is 0 Å². The van der Waals surface area contributed by atoms with Crippen LogP contribution in [0.5, 0.6) is 0 Å². The summed E-state index contributed by atoms with van der Waals surface area (Å²) in [4.78, 5) is 29.8. The summed E-state index contributed by atoms with van der Waals surface area (Å²) < 4.78 is 50.1. The zero-order chi connectivity index (χ0) is 31.9. The zero-order valence-corrected chi connectivity index (χ0v) is 28.3. The van der Waals surface area contributed by atoms with Crippen LogP contribution < -0.4 is 4.72 Å². The Hall–Kier alpha value is -2.14. The molecule has 1 saturated carbocycles. The first-order chi connectivity index (χ1) is 19.9. The highest BCUT2D eigenvalue weighted by Crippen LogP contribution is 2.52. The number of amides is 2. The fourth-order valence-corrected chi connectivity index (χ4v) is 9.09. The van der Waals surface area contributed by atoms with E-state index in [1.54, 1.807) is 43.9 Å². The number of sulfone groups is 1. The fraction of sp³-hybridized carbons (Fsp3) is 0.548. The molecule has 0 aromatic heterocycles. The molecule has 12 heteroatoms. The highest BCUT2D eigenvalue weighted by Gasteiger charge is 2.53. The van der Waals surface area contributed by atoms with Crippen molar-refractivity contribution in [1.82, 2.24) is 9.62 Å². The maximum atomic E-state index is 14.8. The molecule has 2 aromatic rings. The van der Waals surface area contributed by atoms with Crippen LogP contribution in [-0.2, 0) is 29.3 Å². The van der Waals surface area contributed by atoms with Gasteiger partial charge in [-0.15, -0.1) is 0 Å². The number of carbonyl (C=O) groups excluding carboxylic acids is 2. The first-order valence-corrected chi connectivity index (χ1v) is 18.7. The first kappa shape index (κ1) is 33.7. The van der Waals surface area contributed by atoms with Gasteiger partial charge in [-0.3, -0.25) is 14.3 Å². The van der Waals surface area contributed by atoms with E-state index in [4.69, 9.17) is 28.0 Å². The second kappa shape index (κ2) is 12.7. The van der Waals surface area contributed by atoms with Crippen molar-refractivity contribution >= 4 is 54.8 Å². The van der Waals surface area contributed by atoms with Crippen LogP contribution in [0.4, 0.5) is 0 Å². The molecule has 5 atom stereocenters. The Labute approximate surface area is 265 Å². The molecule has 8 nitrogen and oxygen atoms in total. The third-order valence-electron chi connectivity index (χ3n) is 8.65. The molecule has 1 saturated heterocycles. The van der Waals surface area contributed by atoms with Crippen LogP contribution in [0.2, 0.25) is 10.0 Å². The largest absolute Gasteiger partial charge is 0.330 e. The average Bonchev–Trinajstić information content (AvgIpc) is 3.75. The third-order valence-corrected chi connectivity index (χ3v) is 13.3. The minimum absolute atomic E-state index is 0.244. The molecular weight excluding hydrogens is 629 g/mol. The van der Waals surface area contributed by atoms with E-state index in [-0.39, 0.29) is 41.6 Å². The van der Waals surface area contributed by atoms with Crippen LogP contribution in [0.3, 0.4) is 0 Å². The predicted molar refractivity (Wildman–Crippen MR) is 172 cm³/mol. The van der Waals surface area contributed by atoms with Gasteiger partial charge in [-0.2, -0.15) is 0 Å². The van der Waals surface area contributed by atoms with Gasteiger partial charge in [0.25, 0.3) is 0 Å². The maximum Gasteiger partial charge on any atom is 0.233 e. The number of carbonyl (C=O) groups is 2. The summed E-state index contributed by atoms with van der Waals surface area (Å²) in [6.07, 6.45) is 1.18. The Morgan fingerprint density at radius 3 is 2.19 bits per heavy atom. The van der Waals surface area contributed by atoms with Crippen molar-refractivity contribution in [3.05, 3.63) is 69.7 Å². The first-order valence-electron chi connectivity index (χ1n) is 14.6. The number of piperidine rings is 1. The van der Waals surface area contributed by atoms with E-state index in [0.717, 1.165) is 11.1 Å². The zero-order valence-electron chi connectivity index (χ0n) is 25.2. The summed E-state index contributed by atoms with van der Waals surface area (Å²) in [7, 11) is -6.90. The van der Waals surface area contributed by atoms with E-state index < -0.39 is 48.4 Å². The number of hydrogen-bond acceptors (Lipinski definition) is 6. The summed E-state index contributed by atoms with van der Waals surface area (Å²) in [6, 6.07) is 13.2. The molecule has 1 heterocycles. The lowest BCUT2D eigenvalue weighted by Gasteiger charge is -2.53. The molecule has 1 unspecified atom stereocenters. The molecule has 2 N–H and O–H groups in total. The number of hydrogen-bond donors (Lipinski definition) is 2. The van der Waals surface area contributed by atoms with Gasteiger partial charge < -0.3 is 4.90 Å². The summed E-state index contributed by atoms with van der Waals surface area (Å²) >= 11 is 12.7. The van der Waals surface area contributed by atoms with Gasteiger partial charge in [-0.05, 0) is 74.4 Å². The highest BCUT2D eigenvalue weighted by atomic mass is 35.5. The van der Waals surface area contributed by atoms with Gasteiger partial charge in [0, 0.05) is 28.4 Å². The van der Waals surface area contributed by atoms with Gasteiger partial charge in [0.2, 0.25) is 11.8 Å². The fourth-order valence-electron chi connectivity index (χ4n) is 5.98. The second-order valence-corrected chi connectivity index (χ2v) is 18.4. The standard InChI is InChI=1S/C31H41Cl2N3O5S2/c1-19(2)27(18-42(39,40)20(3)4)36-29(21-9-11-23(32)12-10-21)26(22-7-6-8-24(33)15-22)16-31(5,30(36)38)17-28(37)35-43(34,41)25-13-14-25/h6-12,15,19-20,25-27,29H,13-14,16-18H2,1-5H3,(H2,34,35,37,41)/t26-,27-,29-,31-,43?/m1/s1. The lowest BCUT2D eigenvalue weighted by molar-refractivity contribution is -0.157. The number of benzene rings is 2. The summed E-state index contributed by atoms with van der Waals surface area (Å²) in [5.41, 5.74) is 0.339. The van der Waals surface area contributed by atoms with Crippen molar-refractivity contribution < 1.29 is 22.2 Å². The van der Waals surface area contributed by atoms with Crippen molar-refractivity contribution in [2.45, 2.75) is 88.8 Å². The van der Waals surface area contributed by atoms with E-state index in [1.165, 1.54) is 0 Å². The topological polar surface area (TPSA) is 124 Å². The maximum absolute atomic E-state index is 14.8. The lowest BCUT2D eigenvalue weighted by atomic mass is 9.66. The van der Waals surface area contributed by atoms with E-state index in [9.17, 15) is 22.2 Å². The molecule has 236 valence electrons. The summed E-state index contributed by atoms with van der Waals surface area (Å²) in [5.74, 6) is -1.85. The number of rotatable bonds is 11. The molecule has 2 aliphatic rings. The molecule has 2 fully saturated rings. The van der Waals surface area contributed by atoms with E-state index in [1.807, 2.05) is 44.2 Å². The van der Waals surface area contributed by atoms with Crippen molar-refractivity contribution in [2.24, 2.45) is 11.3 Å². The Morgan fingerprint density at radius 2 is 1.65 bits per heavy atom. The molecule has 1 aliphatic heterocycles.